The highest BCUT2D eigenvalue weighted by Gasteiger charge is 2.23. The summed E-state index contributed by atoms with van der Waals surface area (Å²) in [5.41, 5.74) is 6.02. The summed E-state index contributed by atoms with van der Waals surface area (Å²) >= 11 is 1.84. The fourth-order valence-electron chi connectivity index (χ4n) is 2.17. The largest absolute Gasteiger partial charge is 0.327 e. The Morgan fingerprint density at radius 2 is 2.44 bits per heavy atom. The molecule has 0 radical (unpaired) electrons. The van der Waals surface area contributed by atoms with E-state index in [1.165, 1.54) is 9.88 Å². The second-order valence-corrected chi connectivity index (χ2v) is 5.94. The highest BCUT2D eigenvalue weighted by molar-refractivity contribution is 7.11. The molecule has 16 heavy (non-hydrogen) atoms. The SMILES string of the molecule is CCc1cnc(CN2CCC(N)C(C)C2)s1. The maximum absolute atomic E-state index is 6.02. The summed E-state index contributed by atoms with van der Waals surface area (Å²) in [6.45, 7) is 7.66. The van der Waals surface area contributed by atoms with E-state index < -0.39 is 0 Å². The van der Waals surface area contributed by atoms with E-state index in [-0.39, 0.29) is 0 Å². The summed E-state index contributed by atoms with van der Waals surface area (Å²) in [6.07, 6.45) is 4.23. The number of likely N-dealkylation sites (tertiary alicyclic amines) is 1. The molecule has 0 bridgehead atoms. The van der Waals surface area contributed by atoms with Crippen LogP contribution in [0.15, 0.2) is 6.20 Å². The summed E-state index contributed by atoms with van der Waals surface area (Å²) in [7, 11) is 0. The van der Waals surface area contributed by atoms with Gasteiger partial charge in [-0.3, -0.25) is 4.90 Å². The Bertz CT molecular complexity index is 337. The normalized spacial score (nSPS) is 27.2. The summed E-state index contributed by atoms with van der Waals surface area (Å²) in [5, 5.41) is 1.25. The van der Waals surface area contributed by atoms with Crippen LogP contribution in [0.1, 0.15) is 30.2 Å². The van der Waals surface area contributed by atoms with Gasteiger partial charge in [-0.25, -0.2) is 4.98 Å². The van der Waals surface area contributed by atoms with Crippen molar-refractivity contribution < 1.29 is 0 Å². The molecule has 3 nitrogen and oxygen atoms in total. The van der Waals surface area contributed by atoms with Gasteiger partial charge in [-0.15, -0.1) is 11.3 Å². The Balaban J connectivity index is 1.90. The summed E-state index contributed by atoms with van der Waals surface area (Å²) < 4.78 is 0. The van der Waals surface area contributed by atoms with Crippen molar-refractivity contribution in [3.63, 3.8) is 0 Å². The summed E-state index contributed by atoms with van der Waals surface area (Å²) in [4.78, 5) is 8.34. The highest BCUT2D eigenvalue weighted by atomic mass is 32.1. The molecule has 2 N–H and O–H groups in total. The molecule has 2 heterocycles. The third-order valence-electron chi connectivity index (χ3n) is 3.36. The Labute approximate surface area is 102 Å². The van der Waals surface area contributed by atoms with Crippen LogP contribution in [0.3, 0.4) is 0 Å². The van der Waals surface area contributed by atoms with Crippen LogP contribution in [0, 0.1) is 5.92 Å². The van der Waals surface area contributed by atoms with E-state index in [0.717, 1.165) is 32.5 Å². The van der Waals surface area contributed by atoms with Crippen LogP contribution in [0.2, 0.25) is 0 Å². The van der Waals surface area contributed by atoms with E-state index in [9.17, 15) is 0 Å². The van der Waals surface area contributed by atoms with Crippen molar-refractivity contribution in [2.75, 3.05) is 13.1 Å². The van der Waals surface area contributed by atoms with Crippen LogP contribution in [0.5, 0.6) is 0 Å². The molecule has 4 heteroatoms. The van der Waals surface area contributed by atoms with E-state index in [1.807, 2.05) is 17.5 Å². The number of piperidine rings is 1. The summed E-state index contributed by atoms with van der Waals surface area (Å²) in [6, 6.07) is 0.388. The predicted molar refractivity (Wildman–Crippen MR) is 68.5 cm³/mol. The molecule has 2 unspecified atom stereocenters. The number of hydrogen-bond acceptors (Lipinski definition) is 4. The van der Waals surface area contributed by atoms with Crippen molar-refractivity contribution in [3.05, 3.63) is 16.1 Å². The predicted octanol–water partition coefficient (Wildman–Crippen LogP) is 1.87. The molecule has 1 aromatic heterocycles. The van der Waals surface area contributed by atoms with Gasteiger partial charge >= 0.3 is 0 Å². The smallest absolute Gasteiger partial charge is 0.107 e. The second kappa shape index (κ2) is 5.25. The molecule has 0 amide bonds. The van der Waals surface area contributed by atoms with Gasteiger partial charge < -0.3 is 5.73 Å². The van der Waals surface area contributed by atoms with Gasteiger partial charge in [0.15, 0.2) is 0 Å². The van der Waals surface area contributed by atoms with E-state index in [1.54, 1.807) is 0 Å². The average molecular weight is 239 g/mol. The minimum atomic E-state index is 0.388. The maximum atomic E-state index is 6.02. The third kappa shape index (κ3) is 2.81. The number of thiazole rings is 1. The lowest BCUT2D eigenvalue weighted by Gasteiger charge is -2.34. The maximum Gasteiger partial charge on any atom is 0.107 e. The molecule has 0 spiro atoms. The lowest BCUT2D eigenvalue weighted by molar-refractivity contribution is 0.157. The zero-order chi connectivity index (χ0) is 11.5. The first-order chi connectivity index (χ1) is 7.69. The van der Waals surface area contributed by atoms with Crippen LogP contribution < -0.4 is 5.73 Å². The van der Waals surface area contributed by atoms with Gasteiger partial charge in [0.1, 0.15) is 5.01 Å². The van der Waals surface area contributed by atoms with E-state index in [4.69, 9.17) is 5.73 Å². The number of aromatic nitrogens is 1. The fourth-order valence-corrected chi connectivity index (χ4v) is 3.07. The molecule has 1 aliphatic rings. The molecular formula is C12H21N3S. The van der Waals surface area contributed by atoms with Gasteiger partial charge in [0, 0.05) is 30.2 Å². The Morgan fingerprint density at radius 3 is 3.06 bits per heavy atom. The third-order valence-corrected chi connectivity index (χ3v) is 4.49. The molecule has 1 fully saturated rings. The van der Waals surface area contributed by atoms with Gasteiger partial charge in [0.05, 0.1) is 6.54 Å². The molecule has 0 aliphatic carbocycles. The summed E-state index contributed by atoms with van der Waals surface area (Å²) in [5.74, 6) is 0.611. The van der Waals surface area contributed by atoms with Crippen molar-refractivity contribution >= 4 is 11.3 Å². The Hall–Kier alpha value is -0.450. The Kier molecular flexibility index (Phi) is 3.95. The molecule has 1 saturated heterocycles. The molecule has 0 saturated carbocycles. The van der Waals surface area contributed by atoms with Crippen LogP contribution in [0.4, 0.5) is 0 Å². The molecule has 90 valence electrons. The lowest BCUT2D eigenvalue weighted by atomic mass is 9.95. The number of nitrogens with two attached hydrogens (primary N) is 1. The van der Waals surface area contributed by atoms with Gasteiger partial charge in [-0.05, 0) is 18.8 Å². The molecule has 2 atom stereocenters. The van der Waals surface area contributed by atoms with E-state index in [0.29, 0.717) is 12.0 Å². The average Bonchev–Trinajstić information content (AvgIpc) is 2.71. The first kappa shape index (κ1) is 12.0. The zero-order valence-corrected chi connectivity index (χ0v) is 11.0. The van der Waals surface area contributed by atoms with Gasteiger partial charge in [-0.2, -0.15) is 0 Å². The van der Waals surface area contributed by atoms with E-state index in [2.05, 4.69) is 23.7 Å². The molecule has 1 aromatic rings. The van der Waals surface area contributed by atoms with Crippen LogP contribution >= 0.6 is 11.3 Å². The lowest BCUT2D eigenvalue weighted by Crippen LogP contribution is -2.45. The Morgan fingerprint density at radius 1 is 1.62 bits per heavy atom. The highest BCUT2D eigenvalue weighted by Crippen LogP contribution is 2.20. The van der Waals surface area contributed by atoms with Gasteiger partial charge in [0.25, 0.3) is 0 Å². The topological polar surface area (TPSA) is 42.2 Å². The number of hydrogen-bond donors (Lipinski definition) is 1. The van der Waals surface area contributed by atoms with Crippen LogP contribution in [-0.4, -0.2) is 29.0 Å². The van der Waals surface area contributed by atoms with Crippen molar-refractivity contribution in [1.29, 1.82) is 0 Å². The van der Waals surface area contributed by atoms with Crippen molar-refractivity contribution in [3.8, 4) is 0 Å². The fraction of sp³-hybridized carbons (Fsp3) is 0.750. The van der Waals surface area contributed by atoms with Crippen molar-refractivity contribution in [2.45, 2.75) is 39.3 Å². The number of nitrogens with zero attached hydrogens (tertiary/aromatic N) is 2. The zero-order valence-electron chi connectivity index (χ0n) is 10.1. The van der Waals surface area contributed by atoms with E-state index >= 15 is 0 Å². The van der Waals surface area contributed by atoms with Crippen molar-refractivity contribution in [2.24, 2.45) is 11.7 Å². The van der Waals surface area contributed by atoms with Crippen LogP contribution in [-0.2, 0) is 13.0 Å². The standard InChI is InChI=1S/C12H21N3S/c1-3-10-6-14-12(16-10)8-15-5-4-11(13)9(2)7-15/h6,9,11H,3-5,7-8,13H2,1-2H3. The molecular weight excluding hydrogens is 218 g/mol. The van der Waals surface area contributed by atoms with Gasteiger partial charge in [-0.1, -0.05) is 13.8 Å². The monoisotopic (exact) mass is 239 g/mol. The first-order valence-corrected chi connectivity index (χ1v) is 6.92. The minimum absolute atomic E-state index is 0.388. The van der Waals surface area contributed by atoms with Crippen molar-refractivity contribution in [1.82, 2.24) is 9.88 Å². The van der Waals surface area contributed by atoms with Crippen LogP contribution in [0.25, 0.3) is 0 Å². The molecule has 0 aromatic carbocycles. The number of rotatable bonds is 3. The number of aryl methyl sites for hydroxylation is 1. The second-order valence-electron chi connectivity index (χ2n) is 4.74. The molecule has 2 rings (SSSR count). The first-order valence-electron chi connectivity index (χ1n) is 6.10. The molecule has 1 aliphatic heterocycles. The minimum Gasteiger partial charge on any atom is -0.327 e. The quantitative estimate of drug-likeness (QED) is 0.875. The van der Waals surface area contributed by atoms with Gasteiger partial charge in [0.2, 0.25) is 0 Å².